The molecule has 0 aliphatic carbocycles. The number of amides is 1. The zero-order valence-electron chi connectivity index (χ0n) is 14.5. The van der Waals surface area contributed by atoms with E-state index in [1.807, 2.05) is 24.3 Å². The Labute approximate surface area is 156 Å². The highest BCUT2D eigenvalue weighted by Gasteiger charge is 2.44. The summed E-state index contributed by atoms with van der Waals surface area (Å²) in [5.74, 6) is 0.466. The van der Waals surface area contributed by atoms with Crippen LogP contribution in [-0.2, 0) is 20.9 Å². The number of rotatable bonds is 0. The second-order valence-electron chi connectivity index (χ2n) is 6.93. The van der Waals surface area contributed by atoms with E-state index in [-0.39, 0.29) is 23.4 Å². The molecule has 3 atom stereocenters. The third-order valence-electron chi connectivity index (χ3n) is 4.95. The van der Waals surface area contributed by atoms with Gasteiger partial charge in [0.2, 0.25) is 5.91 Å². The number of nitrogens with one attached hydrogen (secondary N) is 2. The molecule has 25 heavy (non-hydrogen) atoms. The van der Waals surface area contributed by atoms with E-state index in [9.17, 15) is 4.79 Å². The quantitative estimate of drug-likeness (QED) is 0.508. The van der Waals surface area contributed by atoms with Gasteiger partial charge in [0.15, 0.2) is 0 Å². The maximum Gasteiger partial charge on any atom is 0.242 e. The molecule has 136 valence electrons. The summed E-state index contributed by atoms with van der Waals surface area (Å²) in [6.45, 7) is 6.29. The van der Waals surface area contributed by atoms with Crippen LogP contribution in [0.5, 0.6) is 0 Å². The second-order valence-corrected chi connectivity index (χ2v) is 7.74. The first-order chi connectivity index (χ1) is 12.0. The molecule has 3 rings (SSSR count). The van der Waals surface area contributed by atoms with Crippen molar-refractivity contribution in [1.82, 2.24) is 10.3 Å². The number of pyridine rings is 1. The van der Waals surface area contributed by atoms with Crippen LogP contribution in [0.25, 0.3) is 0 Å². The van der Waals surface area contributed by atoms with Crippen molar-refractivity contribution in [2.24, 2.45) is 5.41 Å². The molecule has 1 saturated heterocycles. The Balaban J connectivity index is 1.84. The van der Waals surface area contributed by atoms with Crippen LogP contribution in [0.2, 0.25) is 0 Å². The van der Waals surface area contributed by atoms with Gasteiger partial charge in [0.05, 0.1) is 32.5 Å². The predicted octanol–water partition coefficient (Wildman–Crippen LogP) is 2.64. The minimum absolute atomic E-state index is 0.0737. The Morgan fingerprint density at radius 3 is 2.84 bits per heavy atom. The topological polar surface area (TPSA) is 72.5 Å². The summed E-state index contributed by atoms with van der Waals surface area (Å²) >= 11 is 3.36. The number of carbonyl (C=O) groups is 1. The van der Waals surface area contributed by atoms with Crippen LogP contribution in [0.1, 0.15) is 25.8 Å². The van der Waals surface area contributed by atoms with Crippen LogP contribution in [-0.4, -0.2) is 42.8 Å². The van der Waals surface area contributed by atoms with E-state index in [1.54, 1.807) is 0 Å². The van der Waals surface area contributed by atoms with Gasteiger partial charge in [0.25, 0.3) is 0 Å². The normalized spacial score (nSPS) is 30.9. The van der Waals surface area contributed by atoms with Crippen LogP contribution in [0.15, 0.2) is 28.9 Å². The number of hydrogen-bond donors (Lipinski definition) is 2. The first kappa shape index (κ1) is 18.5. The average molecular weight is 410 g/mol. The Kier molecular flexibility index (Phi) is 5.89. The summed E-state index contributed by atoms with van der Waals surface area (Å²) in [6, 6.07) is 3.68. The first-order valence-electron chi connectivity index (χ1n) is 8.51. The minimum atomic E-state index is -0.265. The van der Waals surface area contributed by atoms with Crippen LogP contribution < -0.4 is 10.6 Å². The molecular formula is C18H24BrN3O3. The highest BCUT2D eigenvalue weighted by Crippen LogP contribution is 2.35. The Morgan fingerprint density at radius 2 is 2.04 bits per heavy atom. The Morgan fingerprint density at radius 1 is 1.28 bits per heavy atom. The summed E-state index contributed by atoms with van der Waals surface area (Å²) in [4.78, 5) is 17.2. The molecule has 2 bridgehead atoms. The number of aromatic nitrogens is 1. The number of fused-ring (bicyclic) bond motifs is 3. The van der Waals surface area contributed by atoms with Crippen molar-refractivity contribution in [2.75, 3.05) is 25.1 Å². The molecule has 1 fully saturated rings. The van der Waals surface area contributed by atoms with Gasteiger partial charge < -0.3 is 20.1 Å². The lowest BCUT2D eigenvalue weighted by Gasteiger charge is -2.27. The molecule has 0 aromatic carbocycles. The molecule has 0 unspecified atom stereocenters. The lowest BCUT2D eigenvalue weighted by molar-refractivity contribution is -0.118. The lowest BCUT2D eigenvalue weighted by atomic mass is 9.83. The monoisotopic (exact) mass is 409 g/mol. The average Bonchev–Trinajstić information content (AvgIpc) is 2.86. The molecule has 0 radical (unpaired) electrons. The fourth-order valence-corrected chi connectivity index (χ4v) is 3.49. The molecule has 0 spiro atoms. The number of anilines is 1. The summed E-state index contributed by atoms with van der Waals surface area (Å²) in [6.07, 6.45) is 4.65. The van der Waals surface area contributed by atoms with E-state index >= 15 is 0 Å². The highest BCUT2D eigenvalue weighted by atomic mass is 79.9. The van der Waals surface area contributed by atoms with Gasteiger partial charge in [-0.2, -0.15) is 0 Å². The molecule has 0 saturated carbocycles. The van der Waals surface area contributed by atoms with E-state index in [0.717, 1.165) is 12.0 Å². The van der Waals surface area contributed by atoms with Crippen molar-refractivity contribution in [2.45, 2.75) is 39.0 Å². The SMILES string of the molecule is C[C@H]1N[C@H]2C[C@]1(C)COCC=CCOCc1ccc(Br)nc1NC2=O. The number of nitrogens with zero attached hydrogens (tertiary/aromatic N) is 1. The Hall–Kier alpha value is -1.28. The van der Waals surface area contributed by atoms with Gasteiger partial charge >= 0.3 is 0 Å². The molecule has 3 heterocycles. The van der Waals surface area contributed by atoms with Gasteiger partial charge in [-0.15, -0.1) is 0 Å². The van der Waals surface area contributed by atoms with Crippen molar-refractivity contribution < 1.29 is 14.3 Å². The zero-order chi connectivity index (χ0) is 17.9. The molecule has 6 nitrogen and oxygen atoms in total. The summed E-state index contributed by atoms with van der Waals surface area (Å²) in [5.41, 5.74) is 0.768. The largest absolute Gasteiger partial charge is 0.377 e. The van der Waals surface area contributed by atoms with E-state index in [0.29, 0.717) is 36.8 Å². The third kappa shape index (κ3) is 4.47. The fraction of sp³-hybridized carbons (Fsp3) is 0.556. The molecular weight excluding hydrogens is 386 g/mol. The van der Waals surface area contributed by atoms with Crippen LogP contribution in [0.3, 0.4) is 0 Å². The summed E-state index contributed by atoms with van der Waals surface area (Å²) in [5, 5.41) is 6.35. The second kappa shape index (κ2) is 7.95. The van der Waals surface area contributed by atoms with Gasteiger partial charge in [-0.1, -0.05) is 25.1 Å². The minimum Gasteiger partial charge on any atom is -0.377 e. The maximum absolute atomic E-state index is 12.7. The highest BCUT2D eigenvalue weighted by molar-refractivity contribution is 9.10. The van der Waals surface area contributed by atoms with E-state index in [2.05, 4.69) is 45.4 Å². The standard InChI is InChI=1S/C18H24BrN3O3/c1-12-18(2)9-14(20-12)17(23)22-16-13(5-6-15(19)21-16)10-24-7-3-4-8-25-11-18/h3-6,12,14,20H,7-11H2,1-2H3,(H,21,22,23)/t12-,14+,18-/m1/s1. The third-order valence-corrected chi connectivity index (χ3v) is 5.40. The van der Waals surface area contributed by atoms with E-state index < -0.39 is 0 Å². The number of ether oxygens (including phenoxy) is 2. The number of halogens is 1. The molecule has 1 aromatic heterocycles. The Bertz CT molecular complexity index is 667. The van der Waals surface area contributed by atoms with Gasteiger partial charge in [-0.3, -0.25) is 4.79 Å². The smallest absolute Gasteiger partial charge is 0.242 e. The maximum atomic E-state index is 12.7. The van der Waals surface area contributed by atoms with Crippen molar-refractivity contribution in [1.29, 1.82) is 0 Å². The van der Waals surface area contributed by atoms with E-state index in [4.69, 9.17) is 9.47 Å². The zero-order valence-corrected chi connectivity index (χ0v) is 16.1. The summed E-state index contributed by atoms with van der Waals surface area (Å²) < 4.78 is 12.1. The van der Waals surface area contributed by atoms with Crippen molar-refractivity contribution in [3.63, 3.8) is 0 Å². The van der Waals surface area contributed by atoms with Gasteiger partial charge in [-0.25, -0.2) is 4.98 Å². The fourth-order valence-electron chi connectivity index (χ4n) is 3.18. The number of carbonyl (C=O) groups excluding carboxylic acids is 1. The lowest BCUT2D eigenvalue weighted by Crippen LogP contribution is -2.39. The first-order valence-corrected chi connectivity index (χ1v) is 9.30. The van der Waals surface area contributed by atoms with E-state index in [1.165, 1.54) is 0 Å². The van der Waals surface area contributed by atoms with Crippen LogP contribution in [0, 0.1) is 5.41 Å². The predicted molar refractivity (Wildman–Crippen MR) is 99.3 cm³/mol. The van der Waals surface area contributed by atoms with Gasteiger partial charge in [-0.05, 0) is 35.3 Å². The van der Waals surface area contributed by atoms with Crippen molar-refractivity contribution in [3.8, 4) is 0 Å². The molecule has 1 aromatic rings. The van der Waals surface area contributed by atoms with Crippen molar-refractivity contribution in [3.05, 3.63) is 34.5 Å². The molecule has 7 heteroatoms. The number of hydrogen-bond acceptors (Lipinski definition) is 5. The van der Waals surface area contributed by atoms with Crippen LogP contribution in [0.4, 0.5) is 5.82 Å². The molecule has 1 amide bonds. The molecule has 2 aliphatic rings. The van der Waals surface area contributed by atoms with Crippen LogP contribution >= 0.6 is 15.9 Å². The van der Waals surface area contributed by atoms with Crippen molar-refractivity contribution >= 4 is 27.7 Å². The molecule has 2 aliphatic heterocycles. The molecule has 2 N–H and O–H groups in total. The van der Waals surface area contributed by atoms with Gasteiger partial charge in [0.1, 0.15) is 10.4 Å². The van der Waals surface area contributed by atoms with Gasteiger partial charge in [0, 0.05) is 17.0 Å². The summed E-state index contributed by atoms with van der Waals surface area (Å²) in [7, 11) is 0.